The molecule has 0 N–H and O–H groups in total. The second-order valence-corrected chi connectivity index (χ2v) is 14.5. The first-order valence-corrected chi connectivity index (χ1v) is 18.4. The molecule has 0 aliphatic heterocycles. The number of para-hydroxylation sites is 2. The molecule has 10 rings (SSSR count). The third-order valence-electron chi connectivity index (χ3n) is 11.1. The van der Waals surface area contributed by atoms with Gasteiger partial charge in [0.05, 0.1) is 11.4 Å². The van der Waals surface area contributed by atoms with Crippen LogP contribution in [0.1, 0.15) is 25.0 Å². The molecule has 1 aromatic heterocycles. The zero-order chi connectivity index (χ0) is 35.5. The first kappa shape index (κ1) is 31.1. The lowest BCUT2D eigenvalue weighted by Crippen LogP contribution is -2.17. The SMILES string of the molecule is CC1(C)c2ccccc2-c2ccc(N(c3ccccc3-c3ccccc3)c3ccc4oc5ccccc5c4c3-c3ccc(-c4ccccc4)cc3)cc21. The number of furan rings is 1. The van der Waals surface area contributed by atoms with Crippen LogP contribution in [0.15, 0.2) is 192 Å². The highest BCUT2D eigenvalue weighted by molar-refractivity contribution is 6.16. The van der Waals surface area contributed by atoms with Crippen molar-refractivity contribution in [2.45, 2.75) is 19.3 Å². The summed E-state index contributed by atoms with van der Waals surface area (Å²) in [5, 5.41) is 2.22. The molecule has 0 unspecified atom stereocenters. The number of nitrogens with zero attached hydrogens (tertiary/aromatic N) is 1. The predicted octanol–water partition coefficient (Wildman–Crippen LogP) is 14.4. The summed E-state index contributed by atoms with van der Waals surface area (Å²) in [6.45, 7) is 4.71. The van der Waals surface area contributed by atoms with E-state index in [1.54, 1.807) is 0 Å². The molecular formula is C51H37NO. The number of hydrogen-bond donors (Lipinski definition) is 0. The zero-order valence-corrected chi connectivity index (χ0v) is 29.8. The lowest BCUT2D eigenvalue weighted by molar-refractivity contribution is 0.660. The summed E-state index contributed by atoms with van der Waals surface area (Å²) in [5.74, 6) is 0. The van der Waals surface area contributed by atoms with Crippen LogP contribution in [0.5, 0.6) is 0 Å². The molecule has 0 saturated heterocycles. The van der Waals surface area contributed by atoms with Crippen LogP contribution in [0.25, 0.3) is 66.4 Å². The Morgan fingerprint density at radius 3 is 1.81 bits per heavy atom. The number of benzene rings is 8. The van der Waals surface area contributed by atoms with Crippen molar-refractivity contribution in [1.29, 1.82) is 0 Å². The molecule has 0 radical (unpaired) electrons. The van der Waals surface area contributed by atoms with E-state index in [1.807, 2.05) is 6.07 Å². The molecule has 1 aliphatic rings. The van der Waals surface area contributed by atoms with E-state index in [0.717, 1.165) is 50.1 Å². The van der Waals surface area contributed by atoms with E-state index < -0.39 is 0 Å². The summed E-state index contributed by atoms with van der Waals surface area (Å²) in [4.78, 5) is 2.48. The Kier molecular flexibility index (Phi) is 7.19. The molecule has 1 aliphatic carbocycles. The number of hydrogen-bond acceptors (Lipinski definition) is 2. The van der Waals surface area contributed by atoms with Crippen molar-refractivity contribution in [2.75, 3.05) is 4.90 Å². The van der Waals surface area contributed by atoms with Crippen LogP contribution in [-0.4, -0.2) is 0 Å². The Labute approximate surface area is 310 Å². The van der Waals surface area contributed by atoms with Gasteiger partial charge in [0.1, 0.15) is 11.2 Å². The molecule has 9 aromatic rings. The van der Waals surface area contributed by atoms with Gasteiger partial charge in [-0.1, -0.05) is 166 Å². The normalized spacial score (nSPS) is 12.9. The molecule has 0 amide bonds. The molecule has 2 nitrogen and oxygen atoms in total. The van der Waals surface area contributed by atoms with Gasteiger partial charge in [-0.25, -0.2) is 0 Å². The molecule has 53 heavy (non-hydrogen) atoms. The van der Waals surface area contributed by atoms with E-state index >= 15 is 0 Å². The maximum absolute atomic E-state index is 6.55. The van der Waals surface area contributed by atoms with Gasteiger partial charge in [0, 0.05) is 33.0 Å². The summed E-state index contributed by atoms with van der Waals surface area (Å²) in [7, 11) is 0. The summed E-state index contributed by atoms with van der Waals surface area (Å²) >= 11 is 0. The molecule has 0 atom stereocenters. The van der Waals surface area contributed by atoms with Gasteiger partial charge in [0.2, 0.25) is 0 Å². The highest BCUT2D eigenvalue weighted by Crippen LogP contribution is 2.53. The number of anilines is 3. The van der Waals surface area contributed by atoms with Crippen LogP contribution in [0.2, 0.25) is 0 Å². The molecule has 0 spiro atoms. The van der Waals surface area contributed by atoms with Crippen molar-refractivity contribution in [1.82, 2.24) is 0 Å². The van der Waals surface area contributed by atoms with Crippen molar-refractivity contribution < 1.29 is 4.42 Å². The average molecular weight is 680 g/mol. The Morgan fingerprint density at radius 1 is 0.415 bits per heavy atom. The van der Waals surface area contributed by atoms with Crippen LogP contribution >= 0.6 is 0 Å². The summed E-state index contributed by atoms with van der Waals surface area (Å²) in [5.41, 5.74) is 17.3. The van der Waals surface area contributed by atoms with Crippen molar-refractivity contribution in [3.05, 3.63) is 199 Å². The van der Waals surface area contributed by atoms with Crippen molar-refractivity contribution >= 4 is 39.0 Å². The van der Waals surface area contributed by atoms with Crippen LogP contribution < -0.4 is 4.90 Å². The summed E-state index contributed by atoms with van der Waals surface area (Å²) in [6.07, 6.45) is 0. The third-order valence-corrected chi connectivity index (χ3v) is 11.1. The van der Waals surface area contributed by atoms with Gasteiger partial charge in [-0.2, -0.15) is 0 Å². The topological polar surface area (TPSA) is 16.4 Å². The third kappa shape index (κ3) is 5.02. The standard InChI is InChI=1S/C51H37NO/c1-51(2)43-22-12-9-20-40(43)41-30-29-38(33-44(41)51)52(45-23-13-10-19-39(45)36-17-7-4-8-18-36)46-31-32-48-50(42-21-11-14-24-47(42)53-48)49(46)37-27-25-35(26-28-37)34-15-5-3-6-16-34/h3-33H,1-2H3. The fourth-order valence-electron chi connectivity index (χ4n) is 8.51. The van der Waals surface area contributed by atoms with E-state index in [1.165, 1.54) is 44.5 Å². The predicted molar refractivity (Wildman–Crippen MR) is 222 cm³/mol. The van der Waals surface area contributed by atoms with Gasteiger partial charge in [-0.3, -0.25) is 0 Å². The lowest BCUT2D eigenvalue weighted by atomic mass is 9.82. The second kappa shape index (κ2) is 12.3. The molecule has 252 valence electrons. The van der Waals surface area contributed by atoms with Gasteiger partial charge in [0.15, 0.2) is 0 Å². The molecule has 0 fully saturated rings. The van der Waals surface area contributed by atoms with Gasteiger partial charge >= 0.3 is 0 Å². The van der Waals surface area contributed by atoms with E-state index in [2.05, 4.69) is 201 Å². The van der Waals surface area contributed by atoms with E-state index in [0.29, 0.717) is 0 Å². The quantitative estimate of drug-likeness (QED) is 0.174. The Bertz CT molecular complexity index is 2790. The minimum atomic E-state index is -0.145. The van der Waals surface area contributed by atoms with Crippen molar-refractivity contribution in [3.8, 4) is 44.5 Å². The molecule has 0 bridgehead atoms. The van der Waals surface area contributed by atoms with E-state index in [4.69, 9.17) is 4.42 Å². The van der Waals surface area contributed by atoms with Crippen LogP contribution in [0, 0.1) is 0 Å². The minimum absolute atomic E-state index is 0.145. The highest BCUT2D eigenvalue weighted by Gasteiger charge is 2.36. The number of rotatable bonds is 6. The molecule has 1 heterocycles. The van der Waals surface area contributed by atoms with Crippen molar-refractivity contribution in [2.24, 2.45) is 0 Å². The summed E-state index contributed by atoms with van der Waals surface area (Å²) < 4.78 is 6.55. The van der Waals surface area contributed by atoms with E-state index in [9.17, 15) is 0 Å². The monoisotopic (exact) mass is 679 g/mol. The first-order valence-electron chi connectivity index (χ1n) is 18.4. The van der Waals surface area contributed by atoms with Crippen LogP contribution in [0.3, 0.4) is 0 Å². The lowest BCUT2D eigenvalue weighted by Gasteiger charge is -2.31. The van der Waals surface area contributed by atoms with E-state index in [-0.39, 0.29) is 5.41 Å². The van der Waals surface area contributed by atoms with Gasteiger partial charge in [0.25, 0.3) is 0 Å². The smallest absolute Gasteiger partial charge is 0.136 e. The van der Waals surface area contributed by atoms with Crippen molar-refractivity contribution in [3.63, 3.8) is 0 Å². The fraction of sp³-hybridized carbons (Fsp3) is 0.0588. The fourth-order valence-corrected chi connectivity index (χ4v) is 8.51. The Hall–Kier alpha value is -6.64. The van der Waals surface area contributed by atoms with Crippen LogP contribution in [-0.2, 0) is 5.41 Å². The maximum Gasteiger partial charge on any atom is 0.136 e. The molecule has 8 aromatic carbocycles. The molecule has 0 saturated carbocycles. The zero-order valence-electron chi connectivity index (χ0n) is 29.8. The second-order valence-electron chi connectivity index (χ2n) is 14.5. The number of fused-ring (bicyclic) bond motifs is 6. The summed E-state index contributed by atoms with van der Waals surface area (Å²) in [6, 6.07) is 67.9. The van der Waals surface area contributed by atoms with Gasteiger partial charge in [-0.05, 0) is 80.9 Å². The Morgan fingerprint density at radius 2 is 1.02 bits per heavy atom. The van der Waals surface area contributed by atoms with Crippen LogP contribution in [0.4, 0.5) is 17.1 Å². The average Bonchev–Trinajstić information content (AvgIpc) is 3.71. The minimum Gasteiger partial charge on any atom is -0.456 e. The van der Waals surface area contributed by atoms with Gasteiger partial charge < -0.3 is 9.32 Å². The molecular weight excluding hydrogens is 643 g/mol. The Balaban J connectivity index is 1.27. The molecule has 2 heteroatoms. The largest absolute Gasteiger partial charge is 0.456 e. The highest BCUT2D eigenvalue weighted by atomic mass is 16.3. The maximum atomic E-state index is 6.55. The first-order chi connectivity index (χ1) is 26.1. The van der Waals surface area contributed by atoms with Gasteiger partial charge in [-0.15, -0.1) is 0 Å².